The summed E-state index contributed by atoms with van der Waals surface area (Å²) in [4.78, 5) is 27.9. The molecule has 0 spiro atoms. The molecule has 9 heteroatoms. The van der Waals surface area contributed by atoms with E-state index < -0.39 is 10.8 Å². The number of thiazole rings is 1. The van der Waals surface area contributed by atoms with Crippen molar-refractivity contribution in [2.45, 2.75) is 20.4 Å². The van der Waals surface area contributed by atoms with Gasteiger partial charge < -0.3 is 14.0 Å². The Kier molecular flexibility index (Phi) is 6.73. The number of nitrogens with zero attached hydrogens (tertiary/aromatic N) is 3. The van der Waals surface area contributed by atoms with Gasteiger partial charge in [-0.15, -0.1) is 0 Å². The SMILES string of the molecule is CCOCCn1c(=NC(=O)c2cccc([N+](=O)[O-])c2)sc2cc(OCC)ccc21. The van der Waals surface area contributed by atoms with Crippen molar-refractivity contribution in [2.24, 2.45) is 4.99 Å². The van der Waals surface area contributed by atoms with E-state index in [0.717, 1.165) is 16.0 Å². The highest BCUT2D eigenvalue weighted by Crippen LogP contribution is 2.23. The van der Waals surface area contributed by atoms with Crippen LogP contribution in [0.2, 0.25) is 0 Å². The molecule has 0 aliphatic rings. The lowest BCUT2D eigenvalue weighted by Gasteiger charge is -2.06. The summed E-state index contributed by atoms with van der Waals surface area (Å²) < 4.78 is 13.9. The second-order valence-corrected chi connectivity index (χ2v) is 7.03. The smallest absolute Gasteiger partial charge is 0.279 e. The Morgan fingerprint density at radius 1 is 1.21 bits per heavy atom. The normalized spacial score (nSPS) is 11.7. The number of hydrogen-bond acceptors (Lipinski definition) is 6. The molecule has 3 aromatic rings. The number of amides is 1. The van der Waals surface area contributed by atoms with E-state index in [-0.39, 0.29) is 11.3 Å². The van der Waals surface area contributed by atoms with Crippen LogP contribution >= 0.6 is 11.3 Å². The Balaban J connectivity index is 2.05. The molecule has 152 valence electrons. The van der Waals surface area contributed by atoms with Gasteiger partial charge in [0.05, 0.1) is 28.4 Å². The molecule has 0 saturated heterocycles. The maximum Gasteiger partial charge on any atom is 0.279 e. The van der Waals surface area contributed by atoms with Gasteiger partial charge in [-0.3, -0.25) is 14.9 Å². The number of carbonyl (C=O) groups excluding carboxylic acids is 1. The highest BCUT2D eigenvalue weighted by Gasteiger charge is 2.13. The largest absolute Gasteiger partial charge is 0.494 e. The van der Waals surface area contributed by atoms with E-state index in [4.69, 9.17) is 9.47 Å². The number of hydrogen-bond donors (Lipinski definition) is 0. The van der Waals surface area contributed by atoms with E-state index in [1.165, 1.54) is 35.6 Å². The molecule has 0 unspecified atom stereocenters. The first kappa shape index (κ1) is 20.7. The molecule has 2 aromatic carbocycles. The van der Waals surface area contributed by atoms with E-state index in [0.29, 0.717) is 31.2 Å². The molecule has 1 amide bonds. The number of aromatic nitrogens is 1. The maximum atomic E-state index is 12.7. The summed E-state index contributed by atoms with van der Waals surface area (Å²) in [5, 5.41) is 11.0. The Morgan fingerprint density at radius 3 is 2.76 bits per heavy atom. The lowest BCUT2D eigenvalue weighted by atomic mass is 10.2. The average molecular weight is 415 g/mol. The van der Waals surface area contributed by atoms with Gasteiger partial charge in [-0.25, -0.2) is 0 Å². The Bertz CT molecular complexity index is 1100. The summed E-state index contributed by atoms with van der Waals surface area (Å²) in [6.07, 6.45) is 0. The molecule has 0 N–H and O–H groups in total. The summed E-state index contributed by atoms with van der Waals surface area (Å²) in [7, 11) is 0. The van der Waals surface area contributed by atoms with Gasteiger partial charge in [0.15, 0.2) is 4.80 Å². The van der Waals surface area contributed by atoms with Crippen LogP contribution in [-0.4, -0.2) is 35.2 Å². The average Bonchev–Trinajstić information content (AvgIpc) is 3.05. The molecule has 29 heavy (non-hydrogen) atoms. The summed E-state index contributed by atoms with van der Waals surface area (Å²) in [6.45, 7) is 6.00. The second kappa shape index (κ2) is 9.44. The van der Waals surface area contributed by atoms with Crippen molar-refractivity contribution in [2.75, 3.05) is 19.8 Å². The number of nitro benzene ring substituents is 1. The van der Waals surface area contributed by atoms with Crippen LogP contribution in [0.3, 0.4) is 0 Å². The number of ether oxygens (including phenoxy) is 2. The van der Waals surface area contributed by atoms with Gasteiger partial charge in [0.25, 0.3) is 11.6 Å². The van der Waals surface area contributed by atoms with Gasteiger partial charge in [0.2, 0.25) is 0 Å². The molecule has 0 saturated carbocycles. The summed E-state index contributed by atoms with van der Waals surface area (Å²) in [5.41, 5.74) is 0.944. The number of rotatable bonds is 8. The Morgan fingerprint density at radius 2 is 2.03 bits per heavy atom. The molecule has 0 atom stereocenters. The predicted molar refractivity (Wildman–Crippen MR) is 110 cm³/mol. The fraction of sp³-hybridized carbons (Fsp3) is 0.300. The van der Waals surface area contributed by atoms with Crippen molar-refractivity contribution in [1.29, 1.82) is 0 Å². The first-order chi connectivity index (χ1) is 14.0. The number of nitro groups is 1. The molecule has 0 radical (unpaired) electrons. The Labute approximate surface area is 171 Å². The molecular weight excluding hydrogens is 394 g/mol. The Hall–Kier alpha value is -3.04. The van der Waals surface area contributed by atoms with Gasteiger partial charge >= 0.3 is 0 Å². The van der Waals surface area contributed by atoms with E-state index in [1.807, 2.05) is 36.6 Å². The van der Waals surface area contributed by atoms with Gasteiger partial charge in [-0.05, 0) is 38.1 Å². The van der Waals surface area contributed by atoms with Crippen LogP contribution in [0.4, 0.5) is 5.69 Å². The minimum Gasteiger partial charge on any atom is -0.494 e. The second-order valence-electron chi connectivity index (χ2n) is 6.02. The standard InChI is InChI=1S/C20H21N3O5S/c1-3-27-11-10-22-17-9-8-16(28-4-2)13-18(17)29-20(22)21-19(24)14-6-5-7-15(12-14)23(25)26/h5-9,12-13H,3-4,10-11H2,1-2H3. The van der Waals surface area contributed by atoms with Crippen molar-refractivity contribution in [3.8, 4) is 5.75 Å². The van der Waals surface area contributed by atoms with Crippen LogP contribution in [0.5, 0.6) is 5.75 Å². The van der Waals surface area contributed by atoms with Crippen LogP contribution in [0.25, 0.3) is 10.2 Å². The van der Waals surface area contributed by atoms with Gasteiger partial charge in [-0.1, -0.05) is 17.4 Å². The molecular formula is C20H21N3O5S. The number of non-ortho nitro benzene ring substituents is 1. The quantitative estimate of drug-likeness (QED) is 0.317. The third-order valence-electron chi connectivity index (χ3n) is 4.13. The van der Waals surface area contributed by atoms with E-state index in [9.17, 15) is 14.9 Å². The molecule has 1 heterocycles. The molecule has 8 nitrogen and oxygen atoms in total. The van der Waals surface area contributed by atoms with Crippen LogP contribution in [0, 0.1) is 10.1 Å². The topological polar surface area (TPSA) is 96.0 Å². The third kappa shape index (κ3) is 4.87. The molecule has 0 fully saturated rings. The van der Waals surface area contributed by atoms with E-state index >= 15 is 0 Å². The molecule has 0 bridgehead atoms. The van der Waals surface area contributed by atoms with Crippen molar-refractivity contribution in [3.05, 3.63) is 62.9 Å². The molecule has 0 aliphatic carbocycles. The van der Waals surface area contributed by atoms with Crippen molar-refractivity contribution in [1.82, 2.24) is 4.57 Å². The highest BCUT2D eigenvalue weighted by atomic mass is 32.1. The zero-order chi connectivity index (χ0) is 20.8. The van der Waals surface area contributed by atoms with Crippen molar-refractivity contribution in [3.63, 3.8) is 0 Å². The molecule has 3 rings (SSSR count). The van der Waals surface area contributed by atoms with Crippen molar-refractivity contribution < 1.29 is 19.2 Å². The van der Waals surface area contributed by atoms with Crippen LogP contribution < -0.4 is 9.54 Å². The fourth-order valence-corrected chi connectivity index (χ4v) is 3.90. The number of carbonyl (C=O) groups is 1. The third-order valence-corrected chi connectivity index (χ3v) is 5.17. The minimum atomic E-state index is -0.534. The van der Waals surface area contributed by atoms with Gasteiger partial charge in [-0.2, -0.15) is 4.99 Å². The van der Waals surface area contributed by atoms with E-state index in [1.54, 1.807) is 0 Å². The van der Waals surface area contributed by atoms with Gasteiger partial charge in [0, 0.05) is 30.8 Å². The highest BCUT2D eigenvalue weighted by molar-refractivity contribution is 7.16. The number of benzene rings is 2. The lowest BCUT2D eigenvalue weighted by Crippen LogP contribution is -2.19. The van der Waals surface area contributed by atoms with Crippen molar-refractivity contribution >= 4 is 33.1 Å². The van der Waals surface area contributed by atoms with E-state index in [2.05, 4.69) is 4.99 Å². The monoisotopic (exact) mass is 415 g/mol. The predicted octanol–water partition coefficient (Wildman–Crippen LogP) is 3.79. The summed E-state index contributed by atoms with van der Waals surface area (Å²) in [5.74, 6) is 0.213. The lowest BCUT2D eigenvalue weighted by molar-refractivity contribution is -0.384. The first-order valence-electron chi connectivity index (χ1n) is 9.21. The molecule has 1 aromatic heterocycles. The summed E-state index contributed by atoms with van der Waals surface area (Å²) >= 11 is 1.36. The summed E-state index contributed by atoms with van der Waals surface area (Å²) in [6, 6.07) is 11.3. The van der Waals surface area contributed by atoms with Crippen LogP contribution in [0.15, 0.2) is 47.5 Å². The minimum absolute atomic E-state index is 0.145. The molecule has 0 aliphatic heterocycles. The van der Waals surface area contributed by atoms with Crippen LogP contribution in [-0.2, 0) is 11.3 Å². The van der Waals surface area contributed by atoms with Gasteiger partial charge in [0.1, 0.15) is 5.75 Å². The zero-order valence-electron chi connectivity index (χ0n) is 16.2. The fourth-order valence-electron chi connectivity index (χ4n) is 2.82. The van der Waals surface area contributed by atoms with Crippen LogP contribution in [0.1, 0.15) is 24.2 Å². The zero-order valence-corrected chi connectivity index (χ0v) is 17.0. The number of fused-ring (bicyclic) bond motifs is 1. The first-order valence-corrected chi connectivity index (χ1v) is 10.0. The maximum absolute atomic E-state index is 12.7.